The van der Waals surface area contributed by atoms with Crippen LogP contribution in [-0.4, -0.2) is 13.0 Å². The Hall–Kier alpha value is -2.07. The topological polar surface area (TPSA) is 41.1 Å². The smallest absolute Gasteiger partial charge is 0.251 e. The van der Waals surface area contributed by atoms with Gasteiger partial charge in [0.1, 0.15) is 5.82 Å². The van der Waals surface area contributed by atoms with E-state index in [0.717, 1.165) is 11.3 Å². The Bertz CT molecular complexity index is 631. The number of hydrogen-bond donors (Lipinski definition) is 2. The van der Waals surface area contributed by atoms with Gasteiger partial charge >= 0.3 is 0 Å². The van der Waals surface area contributed by atoms with Crippen LogP contribution in [0.1, 0.15) is 15.9 Å². The summed E-state index contributed by atoms with van der Waals surface area (Å²) in [6.45, 7) is 0.450. The Morgan fingerprint density at radius 3 is 2.75 bits per heavy atom. The minimum Gasteiger partial charge on any atom is -0.381 e. The van der Waals surface area contributed by atoms with Crippen molar-refractivity contribution in [2.75, 3.05) is 12.4 Å². The summed E-state index contributed by atoms with van der Waals surface area (Å²) in [4.78, 5) is 11.5. The first-order valence-electron chi connectivity index (χ1n) is 6.10. The van der Waals surface area contributed by atoms with E-state index in [1.165, 1.54) is 12.1 Å². The van der Waals surface area contributed by atoms with Gasteiger partial charge in [0.05, 0.1) is 5.02 Å². The van der Waals surface area contributed by atoms with Crippen LogP contribution in [0.5, 0.6) is 0 Å². The van der Waals surface area contributed by atoms with Crippen LogP contribution >= 0.6 is 11.6 Å². The van der Waals surface area contributed by atoms with Crippen molar-refractivity contribution in [1.29, 1.82) is 0 Å². The summed E-state index contributed by atoms with van der Waals surface area (Å²) < 4.78 is 13.3. The highest BCUT2D eigenvalue weighted by atomic mass is 35.5. The largest absolute Gasteiger partial charge is 0.381 e. The molecule has 0 aromatic heterocycles. The molecule has 2 aromatic rings. The number of halogens is 2. The Labute approximate surface area is 121 Å². The quantitative estimate of drug-likeness (QED) is 0.906. The average Bonchev–Trinajstić information content (AvgIpc) is 2.48. The second-order valence-electron chi connectivity index (χ2n) is 4.26. The van der Waals surface area contributed by atoms with Gasteiger partial charge in [0.15, 0.2) is 0 Å². The minimum absolute atomic E-state index is 0.107. The molecule has 0 spiro atoms. The lowest BCUT2D eigenvalue weighted by Gasteiger charge is -2.08. The average molecular weight is 293 g/mol. The molecule has 0 unspecified atom stereocenters. The molecule has 0 fully saturated rings. The molecule has 0 atom stereocenters. The zero-order valence-electron chi connectivity index (χ0n) is 10.9. The Balaban J connectivity index is 2.07. The molecule has 2 aromatic carbocycles. The van der Waals surface area contributed by atoms with Crippen LogP contribution in [0.3, 0.4) is 0 Å². The highest BCUT2D eigenvalue weighted by molar-refractivity contribution is 6.30. The molecule has 2 N–H and O–H groups in total. The monoisotopic (exact) mass is 292 g/mol. The van der Waals surface area contributed by atoms with Gasteiger partial charge in [-0.2, -0.15) is 0 Å². The summed E-state index contributed by atoms with van der Waals surface area (Å²) in [6, 6.07) is 11.8. The summed E-state index contributed by atoms with van der Waals surface area (Å²) >= 11 is 5.63. The maximum Gasteiger partial charge on any atom is 0.251 e. The summed E-state index contributed by atoms with van der Waals surface area (Å²) in [5, 5.41) is 5.81. The van der Waals surface area contributed by atoms with E-state index in [1.807, 2.05) is 6.07 Å². The van der Waals surface area contributed by atoms with Gasteiger partial charge in [-0.05, 0) is 35.9 Å². The molecule has 0 aliphatic rings. The molecule has 5 heteroatoms. The fraction of sp³-hybridized carbons (Fsp3) is 0.133. The van der Waals surface area contributed by atoms with Gasteiger partial charge in [-0.1, -0.05) is 23.7 Å². The van der Waals surface area contributed by atoms with E-state index in [4.69, 9.17) is 11.6 Å². The van der Waals surface area contributed by atoms with Gasteiger partial charge in [-0.15, -0.1) is 0 Å². The maximum atomic E-state index is 13.3. The summed E-state index contributed by atoms with van der Waals surface area (Å²) in [5.74, 6) is -0.587. The van der Waals surface area contributed by atoms with E-state index in [1.54, 1.807) is 31.3 Å². The van der Waals surface area contributed by atoms with Crippen LogP contribution in [0.2, 0.25) is 5.02 Å². The molecule has 0 saturated carbocycles. The molecular formula is C15H14ClFN2O. The van der Waals surface area contributed by atoms with Crippen molar-refractivity contribution in [2.45, 2.75) is 6.54 Å². The second kappa shape index (κ2) is 6.39. The SMILES string of the molecule is CNC(=O)c1cccc(NCc2ccc(Cl)c(F)c2)c1. The van der Waals surface area contributed by atoms with E-state index >= 15 is 0 Å². The fourth-order valence-corrected chi connectivity index (χ4v) is 1.89. The second-order valence-corrected chi connectivity index (χ2v) is 4.67. The summed E-state index contributed by atoms with van der Waals surface area (Å²) in [6.07, 6.45) is 0. The van der Waals surface area contributed by atoms with Crippen molar-refractivity contribution in [2.24, 2.45) is 0 Å². The molecule has 0 aliphatic carbocycles. The number of hydrogen-bond acceptors (Lipinski definition) is 2. The molecule has 0 aliphatic heterocycles. The van der Waals surface area contributed by atoms with Gasteiger partial charge in [0.2, 0.25) is 0 Å². The van der Waals surface area contributed by atoms with Crippen LogP contribution in [0.15, 0.2) is 42.5 Å². The van der Waals surface area contributed by atoms with Crippen LogP contribution in [0.25, 0.3) is 0 Å². The molecule has 0 saturated heterocycles. The predicted molar refractivity (Wildman–Crippen MR) is 78.6 cm³/mol. The van der Waals surface area contributed by atoms with Crippen LogP contribution in [0, 0.1) is 5.82 Å². The zero-order valence-corrected chi connectivity index (χ0v) is 11.7. The molecule has 3 nitrogen and oxygen atoms in total. The lowest BCUT2D eigenvalue weighted by molar-refractivity contribution is 0.0963. The number of carbonyl (C=O) groups is 1. The normalized spacial score (nSPS) is 10.2. The molecule has 1 amide bonds. The third-order valence-electron chi connectivity index (χ3n) is 2.83. The lowest BCUT2D eigenvalue weighted by Crippen LogP contribution is -2.17. The minimum atomic E-state index is -0.440. The third-order valence-corrected chi connectivity index (χ3v) is 3.14. The number of nitrogens with one attached hydrogen (secondary N) is 2. The lowest BCUT2D eigenvalue weighted by atomic mass is 10.1. The van der Waals surface area contributed by atoms with E-state index in [0.29, 0.717) is 12.1 Å². The standard InChI is InChI=1S/C15H14ClFN2O/c1-18-15(20)11-3-2-4-12(8-11)19-9-10-5-6-13(16)14(17)7-10/h2-8,19H,9H2,1H3,(H,18,20). The van der Waals surface area contributed by atoms with Gasteiger partial charge in [0, 0.05) is 24.8 Å². The number of amides is 1. The van der Waals surface area contributed by atoms with E-state index in [2.05, 4.69) is 10.6 Å². The van der Waals surface area contributed by atoms with Crippen molar-refractivity contribution in [3.63, 3.8) is 0 Å². The van der Waals surface area contributed by atoms with Gasteiger partial charge < -0.3 is 10.6 Å². The molecular weight excluding hydrogens is 279 g/mol. The van der Waals surface area contributed by atoms with Crippen molar-refractivity contribution in [1.82, 2.24) is 5.32 Å². The number of carbonyl (C=O) groups excluding carboxylic acids is 1. The predicted octanol–water partition coefficient (Wildman–Crippen LogP) is 3.45. The molecule has 0 radical (unpaired) electrons. The van der Waals surface area contributed by atoms with Gasteiger partial charge in [0.25, 0.3) is 5.91 Å². The van der Waals surface area contributed by atoms with Crippen LogP contribution in [0.4, 0.5) is 10.1 Å². The van der Waals surface area contributed by atoms with E-state index in [-0.39, 0.29) is 10.9 Å². The number of rotatable bonds is 4. The molecule has 104 valence electrons. The summed E-state index contributed by atoms with van der Waals surface area (Å²) in [5.41, 5.74) is 2.14. The highest BCUT2D eigenvalue weighted by Gasteiger charge is 2.04. The maximum absolute atomic E-state index is 13.3. The summed E-state index contributed by atoms with van der Waals surface area (Å²) in [7, 11) is 1.58. The van der Waals surface area contributed by atoms with Crippen LogP contribution < -0.4 is 10.6 Å². The van der Waals surface area contributed by atoms with Crippen molar-refractivity contribution in [3.8, 4) is 0 Å². The zero-order chi connectivity index (χ0) is 14.5. The van der Waals surface area contributed by atoms with Crippen LogP contribution in [-0.2, 0) is 6.54 Å². The first-order valence-corrected chi connectivity index (χ1v) is 6.48. The number of anilines is 1. The molecule has 20 heavy (non-hydrogen) atoms. The van der Waals surface area contributed by atoms with Gasteiger partial charge in [-0.25, -0.2) is 4.39 Å². The fourth-order valence-electron chi connectivity index (χ4n) is 1.77. The van der Waals surface area contributed by atoms with Crippen molar-refractivity contribution < 1.29 is 9.18 Å². The Morgan fingerprint density at radius 1 is 1.25 bits per heavy atom. The molecule has 2 rings (SSSR count). The van der Waals surface area contributed by atoms with Crippen molar-refractivity contribution >= 4 is 23.2 Å². The van der Waals surface area contributed by atoms with Gasteiger partial charge in [-0.3, -0.25) is 4.79 Å². The van der Waals surface area contributed by atoms with E-state index < -0.39 is 5.82 Å². The Kier molecular flexibility index (Phi) is 4.58. The molecule has 0 bridgehead atoms. The first-order chi connectivity index (χ1) is 9.60. The Morgan fingerprint density at radius 2 is 2.05 bits per heavy atom. The highest BCUT2D eigenvalue weighted by Crippen LogP contribution is 2.17. The van der Waals surface area contributed by atoms with Crippen molar-refractivity contribution in [3.05, 3.63) is 64.4 Å². The molecule has 0 heterocycles. The first kappa shape index (κ1) is 14.3. The third kappa shape index (κ3) is 3.48. The number of benzene rings is 2. The van der Waals surface area contributed by atoms with E-state index in [9.17, 15) is 9.18 Å².